The van der Waals surface area contributed by atoms with Crippen molar-refractivity contribution in [3.05, 3.63) is 165 Å². The first-order valence-electron chi connectivity index (χ1n) is 29.1. The summed E-state index contributed by atoms with van der Waals surface area (Å²) >= 11 is 29.6. The van der Waals surface area contributed by atoms with E-state index >= 15 is 0 Å². The van der Waals surface area contributed by atoms with Gasteiger partial charge in [-0.1, -0.05) is 176 Å². The summed E-state index contributed by atoms with van der Waals surface area (Å²) in [7, 11) is -2.76. The first-order chi connectivity index (χ1) is 44.3. The van der Waals surface area contributed by atoms with Gasteiger partial charge in [0.1, 0.15) is 0 Å². The number of hydrogen-bond donors (Lipinski definition) is 0. The minimum absolute atomic E-state index is 0.00999. The van der Waals surface area contributed by atoms with Crippen molar-refractivity contribution in [3.63, 3.8) is 0 Å². The van der Waals surface area contributed by atoms with Crippen LogP contribution in [0.4, 0.5) is 0 Å². The first kappa shape index (κ1) is 73.6. The van der Waals surface area contributed by atoms with Crippen LogP contribution in [0.15, 0.2) is 143 Å². The molecule has 13 nitrogen and oxygen atoms in total. The summed E-state index contributed by atoms with van der Waals surface area (Å²) in [6.07, 6.45) is 6.48. The number of hydrogen-bond acceptors (Lipinski definition) is 27. The average Bonchev–Trinajstić information content (AvgIpc) is 1.60. The van der Waals surface area contributed by atoms with E-state index in [4.69, 9.17) is 32.8 Å². The molecular formula is C61H70N2O11S16Si. The zero-order valence-corrected chi connectivity index (χ0v) is 65.1. The van der Waals surface area contributed by atoms with Gasteiger partial charge in [0.2, 0.25) is 0 Å². The van der Waals surface area contributed by atoms with Gasteiger partial charge in [-0.25, -0.2) is 0 Å². The minimum Gasteiger partial charge on any atom is -0.405 e. The molecule has 0 amide bonds. The standard InChI is InChI=1S/C61H70N2O11S16Si/c1-61(2,3)91(39-13-9-7-10-14-39,40-15-11-8-12-16-40)74-26-25-68-19-17-62-45(64)41-37-43-44(38-42(41)46(62)65)48(67)63(47(43)66)18-20-69-27-32-81-55-56-82-36-31-73-24-23-72-29-34-79-53-50(76-5)84-58(87-53)57-83-49(75-4)52(86-57)78-33-28-70-21-22-71-30-35-80-54-51(77-6)85-59(88-54)60(89-55)90-56/h7-16,37-38H,17-36H2,1-6H3/b58-57-,60-59?. The second-order valence-corrected chi connectivity index (χ2v) is 44.3. The fourth-order valence-corrected chi connectivity index (χ4v) is 36.7. The van der Waals surface area contributed by atoms with Crippen molar-refractivity contribution in [2.75, 3.05) is 133 Å². The number of rotatable bonds is 19. The molecule has 0 N–H and O–H groups in total. The Morgan fingerprint density at radius 1 is 0.429 bits per heavy atom. The van der Waals surface area contributed by atoms with Crippen LogP contribution in [0.1, 0.15) is 20.8 Å². The van der Waals surface area contributed by atoms with E-state index in [1.807, 2.05) is 201 Å². The van der Waals surface area contributed by atoms with E-state index in [-0.39, 0.29) is 59.5 Å². The van der Waals surface area contributed by atoms with Gasteiger partial charge in [-0.2, -0.15) is 0 Å². The highest BCUT2D eigenvalue weighted by Gasteiger charge is 2.50. The molecule has 5 aliphatic rings. The second kappa shape index (κ2) is 36.8. The molecule has 7 heterocycles. The van der Waals surface area contributed by atoms with Gasteiger partial charge in [-0.15, -0.1) is 94.1 Å². The Kier molecular flexibility index (Phi) is 29.8. The monoisotopic (exact) mass is 1550 g/mol. The van der Waals surface area contributed by atoms with Gasteiger partial charge in [-0.3, -0.25) is 28.3 Å². The maximum Gasteiger partial charge on any atom is 0.261 e. The Morgan fingerprint density at radius 3 is 1.12 bits per heavy atom. The lowest BCUT2D eigenvalue weighted by molar-refractivity contribution is 0.0605. The second-order valence-electron chi connectivity index (χ2n) is 20.8. The molecule has 5 aromatic rings. The number of fused-ring (bicyclic) bond motifs is 10. The van der Waals surface area contributed by atoms with Gasteiger partial charge in [0.25, 0.3) is 30.6 Å². The quantitative estimate of drug-likeness (QED) is 0.0571. The van der Waals surface area contributed by atoms with E-state index in [9.17, 15) is 19.2 Å². The van der Waals surface area contributed by atoms with Crippen LogP contribution in [0, 0.1) is 0 Å². The molecule has 0 spiro atoms. The highest BCUT2D eigenvalue weighted by Crippen LogP contribution is 2.67. The predicted molar refractivity (Wildman–Crippen MR) is 419 cm³/mol. The molecule has 8 bridgehead atoms. The Morgan fingerprint density at radius 2 is 0.769 bits per heavy atom. The largest absolute Gasteiger partial charge is 0.405 e. The zero-order chi connectivity index (χ0) is 63.7. The Balaban J connectivity index is 0.708. The maximum atomic E-state index is 13.8. The summed E-state index contributed by atoms with van der Waals surface area (Å²) in [5.74, 6) is 4.11. The highest BCUT2D eigenvalue weighted by molar-refractivity contribution is 8.46. The molecule has 0 unspecified atom stereocenters. The van der Waals surface area contributed by atoms with Crippen molar-refractivity contribution in [1.82, 2.24) is 9.13 Å². The molecule has 91 heavy (non-hydrogen) atoms. The molecule has 490 valence electrons. The van der Waals surface area contributed by atoms with Crippen molar-refractivity contribution in [2.45, 2.75) is 38.9 Å². The van der Waals surface area contributed by atoms with E-state index in [2.05, 4.69) is 63.8 Å². The molecule has 0 aliphatic carbocycles. The third kappa shape index (κ3) is 18.9. The summed E-state index contributed by atoms with van der Waals surface area (Å²) in [5, 5.41) is 2.55. The van der Waals surface area contributed by atoms with Crippen molar-refractivity contribution in [1.29, 1.82) is 0 Å². The summed E-state index contributed by atoms with van der Waals surface area (Å²) in [6, 6.07) is 23.5. The van der Waals surface area contributed by atoms with Crippen LogP contribution in [0.2, 0.25) is 5.04 Å². The smallest absolute Gasteiger partial charge is 0.261 e. The topological polar surface area (TPSA) is 143 Å². The molecule has 0 saturated heterocycles. The van der Waals surface area contributed by atoms with Gasteiger partial charge in [0, 0.05) is 28.8 Å². The zero-order valence-electron chi connectivity index (χ0n) is 51.0. The molecule has 0 atom stereocenters. The van der Waals surface area contributed by atoms with Gasteiger partial charge in [0.05, 0.1) is 171 Å². The molecule has 5 aliphatic heterocycles. The number of benzene rings is 3. The summed E-state index contributed by atoms with van der Waals surface area (Å²) < 4.78 is 61.3. The number of ether oxygens (including phenoxy) is 6. The molecule has 0 fully saturated rings. The number of aromatic nitrogens is 2. The third-order valence-corrected chi connectivity index (χ3v) is 41.6. The van der Waals surface area contributed by atoms with E-state index < -0.39 is 30.6 Å². The van der Waals surface area contributed by atoms with Crippen molar-refractivity contribution in [3.8, 4) is 0 Å². The van der Waals surface area contributed by atoms with Crippen LogP contribution in [-0.4, -0.2) is 151 Å². The lowest BCUT2D eigenvalue weighted by atomic mass is 10.1. The van der Waals surface area contributed by atoms with Crippen LogP contribution in [0.5, 0.6) is 0 Å². The van der Waals surface area contributed by atoms with Crippen molar-refractivity contribution >= 4 is 228 Å². The minimum atomic E-state index is -2.76. The van der Waals surface area contributed by atoms with Crippen molar-refractivity contribution in [2.24, 2.45) is 0 Å². The molecule has 0 saturated carbocycles. The van der Waals surface area contributed by atoms with E-state index in [1.165, 1.54) is 63.0 Å². The van der Waals surface area contributed by atoms with Gasteiger partial charge in [0.15, 0.2) is 0 Å². The Hall–Kier alpha value is -0.0831. The average molecular weight is 1550 g/mol. The van der Waals surface area contributed by atoms with E-state index in [1.54, 1.807) is 23.5 Å². The van der Waals surface area contributed by atoms with Gasteiger partial charge in [-0.05, 0) is 46.3 Å². The van der Waals surface area contributed by atoms with E-state index in [0.717, 1.165) is 42.5 Å². The predicted octanol–water partition coefficient (Wildman–Crippen LogP) is 15.0. The molecule has 3 aromatic carbocycles. The fourth-order valence-electron chi connectivity index (χ4n) is 9.86. The molecule has 0 radical (unpaired) electrons. The van der Waals surface area contributed by atoms with Gasteiger partial charge >= 0.3 is 0 Å². The molecular weight excluding hydrogens is 1480 g/mol. The van der Waals surface area contributed by atoms with Crippen molar-refractivity contribution < 1.29 is 32.8 Å². The molecule has 2 aromatic heterocycles. The SMILES string of the molecule is CSC1=C2SCCOCCOCCSC3=C(SC)S/C(=C4\SC(SC)=C(SCCOCCOCCSC5=C(SCCOCCn6c(=O)c7cc8c(=O)n(CCOCCO[Si](c9ccccc9)(c9ccccc9)C(C)(C)C)c(=O)c8cc7c6=O)SC(=C(S1)S2)S5)S4)S3. The van der Waals surface area contributed by atoms with Crippen LogP contribution < -0.4 is 32.6 Å². The highest BCUT2D eigenvalue weighted by atomic mass is 32.3. The Bertz CT molecular complexity index is 3650. The first-order valence-corrected chi connectivity index (χ1v) is 46.1. The van der Waals surface area contributed by atoms with Crippen LogP contribution in [0.3, 0.4) is 0 Å². The number of nitrogens with zero attached hydrogens (tertiary/aromatic N) is 2. The van der Waals surface area contributed by atoms with Gasteiger partial charge < -0.3 is 32.8 Å². The maximum absolute atomic E-state index is 13.8. The lowest BCUT2D eigenvalue weighted by Gasteiger charge is -2.43. The number of thioether (sulfide) groups is 16. The summed E-state index contributed by atoms with van der Waals surface area (Å²) in [5.41, 5.74) is -2.07. The van der Waals surface area contributed by atoms with Crippen LogP contribution in [0.25, 0.3) is 21.5 Å². The van der Waals surface area contributed by atoms with Crippen LogP contribution >= 0.6 is 188 Å². The van der Waals surface area contributed by atoms with Crippen LogP contribution in [-0.2, 0) is 45.9 Å². The molecule has 30 heteroatoms. The normalized spacial score (nSPS) is 19.7. The summed E-state index contributed by atoms with van der Waals surface area (Å²) in [4.78, 5) is 55.0. The van der Waals surface area contributed by atoms with E-state index in [0.29, 0.717) is 71.8 Å². The molecule has 10 rings (SSSR count). The lowest BCUT2D eigenvalue weighted by Crippen LogP contribution is -2.66. The fraction of sp³-hybridized carbons (Fsp3) is 0.443. The third-order valence-electron chi connectivity index (χ3n) is 14.0. The summed E-state index contributed by atoms with van der Waals surface area (Å²) in [6.45, 7) is 12.7. The Labute approximate surface area is 601 Å².